The van der Waals surface area contributed by atoms with Gasteiger partial charge in [-0.1, -0.05) is 23.2 Å². The fourth-order valence-electron chi connectivity index (χ4n) is 1.78. The van der Waals surface area contributed by atoms with Crippen LogP contribution in [0.2, 0.25) is 10.0 Å². The van der Waals surface area contributed by atoms with Crippen molar-refractivity contribution in [3.8, 4) is 5.75 Å². The van der Waals surface area contributed by atoms with Crippen LogP contribution in [0.25, 0.3) is 0 Å². The van der Waals surface area contributed by atoms with Crippen molar-refractivity contribution in [1.29, 1.82) is 0 Å². The molecule has 24 heavy (non-hydrogen) atoms. The second kappa shape index (κ2) is 6.26. The first-order valence-electron chi connectivity index (χ1n) is 5.99. The van der Waals surface area contributed by atoms with Crippen molar-refractivity contribution in [2.45, 2.75) is 6.18 Å². The zero-order chi connectivity index (χ0) is 18.3. The summed E-state index contributed by atoms with van der Waals surface area (Å²) >= 11 is 11.6. The van der Waals surface area contributed by atoms with Gasteiger partial charge in [-0.2, -0.15) is 13.2 Å². The van der Waals surface area contributed by atoms with Gasteiger partial charge in [0.1, 0.15) is 0 Å². The van der Waals surface area contributed by atoms with E-state index >= 15 is 0 Å². The monoisotopic (exact) mass is 401 g/mol. The van der Waals surface area contributed by atoms with Crippen LogP contribution in [0.3, 0.4) is 0 Å². The fourth-order valence-corrected chi connectivity index (χ4v) is 3.23. The van der Waals surface area contributed by atoms with Gasteiger partial charge in [0.15, 0.2) is 11.6 Å². The predicted octanol–water partition coefficient (Wildman–Crippen LogP) is 3.61. The van der Waals surface area contributed by atoms with Gasteiger partial charge >= 0.3 is 6.18 Å². The lowest BCUT2D eigenvalue weighted by Gasteiger charge is -2.23. The van der Waals surface area contributed by atoms with E-state index in [4.69, 9.17) is 23.2 Å². The third-order valence-electron chi connectivity index (χ3n) is 2.61. The number of rotatable bonds is 3. The molecule has 1 aromatic carbocycles. The summed E-state index contributed by atoms with van der Waals surface area (Å²) in [6, 6.07) is 3.58. The van der Waals surface area contributed by atoms with E-state index in [9.17, 15) is 26.7 Å². The summed E-state index contributed by atoms with van der Waals surface area (Å²) in [7, 11) is -4.19. The van der Waals surface area contributed by atoms with Gasteiger partial charge in [-0.3, -0.25) is 0 Å². The first-order chi connectivity index (χ1) is 10.9. The minimum absolute atomic E-state index is 0.0377. The van der Waals surface area contributed by atoms with Gasteiger partial charge in [0.25, 0.3) is 0 Å². The van der Waals surface area contributed by atoms with E-state index in [0.717, 1.165) is 18.4 Å². The van der Waals surface area contributed by atoms with Crippen LogP contribution < -0.4 is 4.31 Å². The summed E-state index contributed by atoms with van der Waals surface area (Å²) in [5.74, 6) is -3.36. The first kappa shape index (κ1) is 18.6. The Hall–Kier alpha value is -1.78. The molecule has 0 aliphatic carbocycles. The van der Waals surface area contributed by atoms with Crippen molar-refractivity contribution in [1.82, 2.24) is 9.97 Å². The lowest BCUT2D eigenvalue weighted by atomic mass is 10.3. The maximum absolute atomic E-state index is 12.8. The zero-order valence-electron chi connectivity index (χ0n) is 11.7. The van der Waals surface area contributed by atoms with Crippen molar-refractivity contribution >= 4 is 44.7 Å². The summed E-state index contributed by atoms with van der Waals surface area (Å²) in [6.45, 7) is 0. The van der Waals surface area contributed by atoms with Gasteiger partial charge in [0, 0.05) is 10.0 Å². The molecule has 1 heterocycles. The van der Waals surface area contributed by atoms with Crippen LogP contribution in [0.15, 0.2) is 24.4 Å². The summed E-state index contributed by atoms with van der Waals surface area (Å²) in [4.78, 5) is 6.06. The molecule has 0 radical (unpaired) electrons. The highest BCUT2D eigenvalue weighted by Gasteiger charge is 2.37. The molecule has 0 bridgehead atoms. The summed E-state index contributed by atoms with van der Waals surface area (Å²) in [6.07, 6.45) is -3.76. The van der Waals surface area contributed by atoms with Crippen LogP contribution in [0.4, 0.5) is 24.7 Å². The van der Waals surface area contributed by atoms with Crippen LogP contribution in [-0.2, 0) is 16.2 Å². The van der Waals surface area contributed by atoms with E-state index in [1.54, 1.807) is 0 Å². The molecule has 0 amide bonds. The van der Waals surface area contributed by atoms with Crippen molar-refractivity contribution < 1.29 is 26.7 Å². The quantitative estimate of drug-likeness (QED) is 0.848. The number of sulfonamides is 1. The number of nitrogens with zero attached hydrogens (tertiary/aromatic N) is 3. The van der Waals surface area contributed by atoms with Gasteiger partial charge in [-0.15, -0.1) is 0 Å². The summed E-state index contributed by atoms with van der Waals surface area (Å²) < 4.78 is 62.8. The van der Waals surface area contributed by atoms with Gasteiger partial charge < -0.3 is 5.11 Å². The average molecular weight is 402 g/mol. The Morgan fingerprint density at radius 3 is 2.17 bits per heavy atom. The number of hydrogen-bond donors (Lipinski definition) is 1. The SMILES string of the molecule is CS(=O)(=O)N(c1cc(Cl)cc(Cl)c1)c1nc(C(F)(F)F)ncc1O. The topological polar surface area (TPSA) is 83.4 Å². The number of aromatic nitrogens is 2. The van der Waals surface area contributed by atoms with Gasteiger partial charge in [-0.05, 0) is 18.2 Å². The molecule has 0 atom stereocenters. The Morgan fingerprint density at radius 2 is 1.71 bits per heavy atom. The van der Waals surface area contributed by atoms with Crippen LogP contribution >= 0.6 is 23.2 Å². The van der Waals surface area contributed by atoms with E-state index in [0.29, 0.717) is 10.5 Å². The number of anilines is 2. The third-order valence-corrected chi connectivity index (χ3v) is 4.09. The number of benzene rings is 1. The van der Waals surface area contributed by atoms with Crippen LogP contribution in [0, 0.1) is 0 Å². The molecule has 1 aromatic heterocycles. The minimum Gasteiger partial charge on any atom is -0.503 e. The predicted molar refractivity (Wildman–Crippen MR) is 82.1 cm³/mol. The Balaban J connectivity index is 2.75. The number of alkyl halides is 3. The summed E-state index contributed by atoms with van der Waals surface area (Å²) in [5, 5.41) is 9.85. The average Bonchev–Trinajstić information content (AvgIpc) is 2.37. The molecule has 12 heteroatoms. The van der Waals surface area contributed by atoms with Gasteiger partial charge in [0.05, 0.1) is 18.1 Å². The molecule has 0 aliphatic rings. The Bertz CT molecular complexity index is 871. The second-order valence-electron chi connectivity index (χ2n) is 4.56. The zero-order valence-corrected chi connectivity index (χ0v) is 14.0. The lowest BCUT2D eigenvalue weighted by Crippen LogP contribution is -2.27. The highest BCUT2D eigenvalue weighted by Crippen LogP contribution is 2.37. The maximum Gasteiger partial charge on any atom is 0.451 e. The molecule has 6 nitrogen and oxygen atoms in total. The van der Waals surface area contributed by atoms with E-state index in [2.05, 4.69) is 9.97 Å². The molecule has 0 unspecified atom stereocenters. The number of hydrogen-bond acceptors (Lipinski definition) is 5. The van der Waals surface area contributed by atoms with E-state index < -0.39 is 33.6 Å². The largest absolute Gasteiger partial charge is 0.503 e. The highest BCUT2D eigenvalue weighted by atomic mass is 35.5. The second-order valence-corrected chi connectivity index (χ2v) is 7.26. The first-order valence-corrected chi connectivity index (χ1v) is 8.59. The summed E-state index contributed by atoms with van der Waals surface area (Å²) in [5.41, 5.74) is -0.197. The van der Waals surface area contributed by atoms with Crippen molar-refractivity contribution in [2.75, 3.05) is 10.6 Å². The minimum atomic E-state index is -4.93. The van der Waals surface area contributed by atoms with E-state index in [1.807, 2.05) is 0 Å². The van der Waals surface area contributed by atoms with Gasteiger partial charge in [-0.25, -0.2) is 22.7 Å². The van der Waals surface area contributed by atoms with E-state index in [-0.39, 0.29) is 15.7 Å². The molecule has 0 saturated carbocycles. The Labute approximate surface area is 144 Å². The highest BCUT2D eigenvalue weighted by molar-refractivity contribution is 7.92. The fraction of sp³-hybridized carbons (Fsp3) is 0.167. The molecule has 0 aliphatic heterocycles. The van der Waals surface area contributed by atoms with Crippen LogP contribution in [-0.4, -0.2) is 29.7 Å². The molecule has 0 fully saturated rings. The molecule has 1 N–H and O–H groups in total. The van der Waals surface area contributed by atoms with Gasteiger partial charge in [0.2, 0.25) is 15.8 Å². The molecular formula is C12H8Cl2F3N3O3S. The smallest absolute Gasteiger partial charge is 0.451 e. The van der Waals surface area contributed by atoms with Crippen molar-refractivity contribution in [2.24, 2.45) is 0 Å². The normalized spacial score (nSPS) is 12.2. The molecule has 0 spiro atoms. The molecule has 2 aromatic rings. The molecule has 130 valence electrons. The third kappa shape index (κ3) is 4.00. The Kier molecular flexibility index (Phi) is 4.84. The number of halogens is 5. The van der Waals surface area contributed by atoms with Crippen LogP contribution in [0.5, 0.6) is 5.75 Å². The Morgan fingerprint density at radius 1 is 1.17 bits per heavy atom. The molecular weight excluding hydrogens is 394 g/mol. The van der Waals surface area contributed by atoms with Crippen LogP contribution in [0.1, 0.15) is 5.82 Å². The van der Waals surface area contributed by atoms with Crippen molar-refractivity contribution in [3.63, 3.8) is 0 Å². The lowest BCUT2D eigenvalue weighted by molar-refractivity contribution is -0.144. The molecule has 2 rings (SSSR count). The standard InChI is InChI=1S/C12H8Cl2F3N3O3S/c1-24(22,23)20(8-3-6(13)2-7(14)4-8)10-9(21)5-18-11(19-10)12(15,16)17/h2-5,21H,1H3. The number of aromatic hydroxyl groups is 1. The van der Waals surface area contributed by atoms with E-state index in [1.165, 1.54) is 6.07 Å². The van der Waals surface area contributed by atoms with Crippen molar-refractivity contribution in [3.05, 3.63) is 40.3 Å². The maximum atomic E-state index is 12.8. The molecule has 0 saturated heterocycles.